The van der Waals surface area contributed by atoms with E-state index in [0.29, 0.717) is 0 Å². The van der Waals surface area contributed by atoms with E-state index in [1.807, 2.05) is 43.5 Å². The molecule has 0 N–H and O–H groups in total. The molecule has 0 spiro atoms. The Morgan fingerprint density at radius 2 is 2.12 bits per heavy atom. The highest BCUT2D eigenvalue weighted by atomic mass is 16.1. The summed E-state index contributed by atoms with van der Waals surface area (Å²) in [6, 6.07) is 9.69. The van der Waals surface area contributed by atoms with Crippen LogP contribution in [0.3, 0.4) is 0 Å². The van der Waals surface area contributed by atoms with Crippen LogP contribution in [0.1, 0.15) is 21.6 Å². The van der Waals surface area contributed by atoms with E-state index in [-0.39, 0.29) is 5.78 Å². The van der Waals surface area contributed by atoms with Crippen molar-refractivity contribution in [1.82, 2.24) is 9.78 Å². The molecule has 0 saturated heterocycles. The second-order valence-corrected chi connectivity index (χ2v) is 4.21. The number of benzene rings is 1. The zero-order chi connectivity index (χ0) is 11.8. The van der Waals surface area contributed by atoms with E-state index in [4.69, 9.17) is 0 Å². The van der Waals surface area contributed by atoms with Gasteiger partial charge in [-0.1, -0.05) is 24.3 Å². The smallest absolute Gasteiger partial charge is 0.189 e. The first kappa shape index (κ1) is 10.0. The highest BCUT2D eigenvalue weighted by Crippen LogP contribution is 2.27. The average Bonchev–Trinajstić information content (AvgIpc) is 2.87. The van der Waals surface area contributed by atoms with Crippen LogP contribution in [0.25, 0.3) is 6.08 Å². The van der Waals surface area contributed by atoms with E-state index in [0.717, 1.165) is 28.8 Å². The second-order valence-electron chi connectivity index (χ2n) is 4.21. The number of rotatable bonds is 1. The van der Waals surface area contributed by atoms with Crippen LogP contribution in [0, 0.1) is 0 Å². The summed E-state index contributed by atoms with van der Waals surface area (Å²) < 4.78 is 1.77. The number of allylic oxidation sites excluding steroid dienone is 1. The van der Waals surface area contributed by atoms with Crippen molar-refractivity contribution in [3.8, 4) is 0 Å². The fourth-order valence-electron chi connectivity index (χ4n) is 2.18. The fourth-order valence-corrected chi connectivity index (χ4v) is 2.18. The maximum atomic E-state index is 12.1. The van der Waals surface area contributed by atoms with Crippen molar-refractivity contribution in [3.63, 3.8) is 0 Å². The van der Waals surface area contributed by atoms with Crippen LogP contribution in [-0.4, -0.2) is 15.6 Å². The van der Waals surface area contributed by atoms with Gasteiger partial charge in [0.1, 0.15) is 0 Å². The Balaban J connectivity index is 2.02. The number of ketones is 1. The lowest BCUT2D eigenvalue weighted by Gasteiger charge is -1.97. The third kappa shape index (κ3) is 1.60. The quantitative estimate of drug-likeness (QED) is 0.696. The minimum Gasteiger partial charge on any atom is -0.289 e. The third-order valence-electron chi connectivity index (χ3n) is 3.12. The van der Waals surface area contributed by atoms with Crippen LogP contribution in [0.4, 0.5) is 0 Å². The van der Waals surface area contributed by atoms with Crippen molar-refractivity contribution in [2.24, 2.45) is 7.05 Å². The Labute approximate surface area is 99.4 Å². The molecule has 0 fully saturated rings. The molecule has 0 atom stereocenters. The van der Waals surface area contributed by atoms with Crippen molar-refractivity contribution in [2.75, 3.05) is 0 Å². The molecular weight excluding hydrogens is 212 g/mol. The van der Waals surface area contributed by atoms with E-state index in [1.54, 1.807) is 10.9 Å². The van der Waals surface area contributed by atoms with Gasteiger partial charge in [-0.25, -0.2) is 0 Å². The van der Waals surface area contributed by atoms with Crippen molar-refractivity contribution in [1.29, 1.82) is 0 Å². The summed E-state index contributed by atoms with van der Waals surface area (Å²) in [5, 5.41) is 4.09. The molecule has 1 aliphatic carbocycles. The molecule has 0 amide bonds. The number of aromatic nitrogens is 2. The summed E-state index contributed by atoms with van der Waals surface area (Å²) in [6.45, 7) is 0. The van der Waals surface area contributed by atoms with Crippen LogP contribution in [0.2, 0.25) is 0 Å². The highest BCUT2D eigenvalue weighted by molar-refractivity contribution is 6.15. The van der Waals surface area contributed by atoms with E-state index in [2.05, 4.69) is 5.10 Å². The normalized spacial score (nSPS) is 16.5. The van der Waals surface area contributed by atoms with Crippen LogP contribution in [-0.2, 0) is 13.5 Å². The number of carbonyl (C=O) groups excluding carboxylic acids is 1. The van der Waals surface area contributed by atoms with E-state index in [9.17, 15) is 4.79 Å². The molecule has 17 heavy (non-hydrogen) atoms. The van der Waals surface area contributed by atoms with Crippen molar-refractivity contribution in [2.45, 2.75) is 6.42 Å². The van der Waals surface area contributed by atoms with Gasteiger partial charge in [-0.2, -0.15) is 5.10 Å². The molecule has 84 valence electrons. The number of Topliss-reactive ketones (excluding diaryl/α,β-unsaturated/α-hetero) is 1. The van der Waals surface area contributed by atoms with E-state index in [1.165, 1.54) is 0 Å². The van der Waals surface area contributed by atoms with Crippen molar-refractivity contribution in [3.05, 3.63) is 58.9 Å². The predicted octanol–water partition coefficient (Wildman–Crippen LogP) is 2.24. The van der Waals surface area contributed by atoms with Gasteiger partial charge in [0.05, 0.1) is 5.69 Å². The highest BCUT2D eigenvalue weighted by Gasteiger charge is 2.24. The number of aryl methyl sites for hydroxylation is 1. The summed E-state index contributed by atoms with van der Waals surface area (Å²) in [5.74, 6) is 0.141. The van der Waals surface area contributed by atoms with Crippen LogP contribution in [0.5, 0.6) is 0 Å². The summed E-state index contributed by atoms with van der Waals surface area (Å²) >= 11 is 0. The Bertz CT molecular complexity index is 623. The number of hydrogen-bond donors (Lipinski definition) is 0. The lowest BCUT2D eigenvalue weighted by Crippen LogP contribution is -1.98. The van der Waals surface area contributed by atoms with Gasteiger partial charge in [-0.05, 0) is 17.7 Å². The zero-order valence-electron chi connectivity index (χ0n) is 9.55. The Morgan fingerprint density at radius 3 is 2.82 bits per heavy atom. The molecule has 1 aromatic heterocycles. The molecule has 1 aromatic carbocycles. The molecule has 0 unspecified atom stereocenters. The van der Waals surface area contributed by atoms with Gasteiger partial charge in [0.2, 0.25) is 0 Å². The molecule has 0 radical (unpaired) electrons. The number of nitrogens with zero attached hydrogens (tertiary/aromatic N) is 2. The van der Waals surface area contributed by atoms with Gasteiger partial charge < -0.3 is 0 Å². The van der Waals surface area contributed by atoms with E-state index < -0.39 is 0 Å². The largest absolute Gasteiger partial charge is 0.289 e. The van der Waals surface area contributed by atoms with Crippen LogP contribution < -0.4 is 0 Å². The van der Waals surface area contributed by atoms with Gasteiger partial charge in [0.15, 0.2) is 5.78 Å². The lowest BCUT2D eigenvalue weighted by atomic mass is 10.1. The van der Waals surface area contributed by atoms with Gasteiger partial charge >= 0.3 is 0 Å². The first-order valence-corrected chi connectivity index (χ1v) is 5.57. The first-order valence-electron chi connectivity index (χ1n) is 5.57. The molecular formula is C14H12N2O. The molecule has 3 rings (SSSR count). The summed E-state index contributed by atoms with van der Waals surface area (Å²) in [4.78, 5) is 12.1. The molecule has 0 aliphatic heterocycles. The number of carbonyl (C=O) groups is 1. The second kappa shape index (κ2) is 3.70. The molecule has 2 aromatic rings. The maximum Gasteiger partial charge on any atom is 0.189 e. The number of hydrogen-bond acceptors (Lipinski definition) is 2. The molecule has 0 saturated carbocycles. The average molecular weight is 224 g/mol. The van der Waals surface area contributed by atoms with Crippen LogP contribution >= 0.6 is 0 Å². The van der Waals surface area contributed by atoms with Gasteiger partial charge in [0.25, 0.3) is 0 Å². The topological polar surface area (TPSA) is 34.9 Å². The predicted molar refractivity (Wildman–Crippen MR) is 65.7 cm³/mol. The Hall–Kier alpha value is -2.16. The molecule has 3 nitrogen and oxygen atoms in total. The Morgan fingerprint density at radius 1 is 1.29 bits per heavy atom. The zero-order valence-corrected chi connectivity index (χ0v) is 9.55. The minimum atomic E-state index is 0.141. The van der Waals surface area contributed by atoms with Gasteiger partial charge in [0, 0.05) is 30.8 Å². The fraction of sp³-hybridized carbons (Fsp3) is 0.143. The van der Waals surface area contributed by atoms with Crippen molar-refractivity contribution >= 4 is 11.9 Å². The standard InChI is InChI=1S/C14H12N2O/c1-16-12(6-7-15-16)9-11-8-10-4-2-3-5-13(10)14(11)17/h2-7,9H,8H2,1H3/b11-9+. The van der Waals surface area contributed by atoms with Crippen LogP contribution in [0.15, 0.2) is 42.1 Å². The third-order valence-corrected chi connectivity index (χ3v) is 3.12. The summed E-state index contributed by atoms with van der Waals surface area (Å²) in [5.41, 5.74) is 3.75. The number of fused-ring (bicyclic) bond motifs is 1. The monoisotopic (exact) mass is 224 g/mol. The SMILES string of the molecule is Cn1nccc1/C=C1\Cc2ccccc2C1=O. The molecule has 3 heteroatoms. The summed E-state index contributed by atoms with van der Waals surface area (Å²) in [7, 11) is 1.87. The van der Waals surface area contributed by atoms with Gasteiger partial charge in [-0.15, -0.1) is 0 Å². The molecule has 1 heterocycles. The maximum absolute atomic E-state index is 12.1. The minimum absolute atomic E-state index is 0.141. The molecule has 0 bridgehead atoms. The summed E-state index contributed by atoms with van der Waals surface area (Å²) in [6.07, 6.45) is 4.38. The first-order chi connectivity index (χ1) is 8.25. The Kier molecular flexibility index (Phi) is 2.18. The lowest BCUT2D eigenvalue weighted by molar-refractivity contribution is 0.104. The van der Waals surface area contributed by atoms with Crippen molar-refractivity contribution < 1.29 is 4.79 Å². The molecule has 1 aliphatic rings. The van der Waals surface area contributed by atoms with Gasteiger partial charge in [-0.3, -0.25) is 9.48 Å². The van der Waals surface area contributed by atoms with E-state index >= 15 is 0 Å².